The molecule has 0 aromatic heterocycles. The van der Waals surface area contributed by atoms with Gasteiger partial charge in [-0.25, -0.2) is 0 Å². The monoisotopic (exact) mass is 308 g/mol. The lowest BCUT2D eigenvalue weighted by Gasteiger charge is -2.32. The first-order valence-corrected chi connectivity index (χ1v) is 7.51. The van der Waals surface area contributed by atoms with Crippen molar-refractivity contribution >= 4 is 12.7 Å². The molecule has 0 saturated carbocycles. The Morgan fingerprint density at radius 3 is 2.00 bits per heavy atom. The van der Waals surface area contributed by atoms with Gasteiger partial charge in [0.25, 0.3) is 6.08 Å². The SMILES string of the molecule is Cc1ccc(C(CB2OC(C)(C)C(C)(C)O2)=C(F)F)cc1C. The van der Waals surface area contributed by atoms with E-state index in [0.717, 1.165) is 11.1 Å². The summed E-state index contributed by atoms with van der Waals surface area (Å²) in [6.07, 6.45) is -1.64. The molecule has 1 aromatic rings. The normalized spacial score (nSPS) is 19.4. The summed E-state index contributed by atoms with van der Waals surface area (Å²) in [6, 6.07) is 5.37. The third kappa shape index (κ3) is 3.25. The zero-order valence-electron chi connectivity index (χ0n) is 14.1. The molecule has 1 aromatic carbocycles. The number of rotatable bonds is 3. The molecule has 1 aliphatic heterocycles. The Morgan fingerprint density at radius 1 is 1.00 bits per heavy atom. The molecule has 22 heavy (non-hydrogen) atoms. The van der Waals surface area contributed by atoms with Crippen LogP contribution in [0.4, 0.5) is 8.78 Å². The third-order valence-corrected chi connectivity index (χ3v) is 4.76. The zero-order valence-corrected chi connectivity index (χ0v) is 14.1. The van der Waals surface area contributed by atoms with Crippen molar-refractivity contribution in [1.82, 2.24) is 0 Å². The molecule has 0 aliphatic carbocycles. The minimum Gasteiger partial charge on any atom is -0.403 e. The van der Waals surface area contributed by atoms with Gasteiger partial charge in [-0.05, 0) is 58.2 Å². The summed E-state index contributed by atoms with van der Waals surface area (Å²) in [5, 5.41) is 0. The van der Waals surface area contributed by atoms with Crippen LogP contribution in [-0.2, 0) is 9.31 Å². The number of halogens is 2. The second kappa shape index (κ2) is 5.78. The lowest BCUT2D eigenvalue weighted by Crippen LogP contribution is -2.41. The number of benzene rings is 1. The summed E-state index contributed by atoms with van der Waals surface area (Å²) in [4.78, 5) is 0. The van der Waals surface area contributed by atoms with Gasteiger partial charge in [0.15, 0.2) is 0 Å². The smallest absolute Gasteiger partial charge is 0.403 e. The molecular weight excluding hydrogens is 285 g/mol. The van der Waals surface area contributed by atoms with Crippen LogP contribution in [0.1, 0.15) is 44.4 Å². The third-order valence-electron chi connectivity index (χ3n) is 4.76. The van der Waals surface area contributed by atoms with Crippen LogP contribution in [0.15, 0.2) is 24.3 Å². The Hall–Kier alpha value is -1.20. The van der Waals surface area contributed by atoms with Gasteiger partial charge in [-0.3, -0.25) is 0 Å². The Bertz CT molecular complexity index is 589. The van der Waals surface area contributed by atoms with Crippen molar-refractivity contribution in [2.75, 3.05) is 0 Å². The van der Waals surface area contributed by atoms with Crippen LogP contribution in [0.5, 0.6) is 0 Å². The van der Waals surface area contributed by atoms with Gasteiger partial charge in [-0.1, -0.05) is 18.2 Å². The van der Waals surface area contributed by atoms with Gasteiger partial charge < -0.3 is 9.31 Å². The summed E-state index contributed by atoms with van der Waals surface area (Å²) in [5.41, 5.74) is 1.56. The van der Waals surface area contributed by atoms with Crippen molar-refractivity contribution in [3.05, 3.63) is 41.0 Å². The van der Waals surface area contributed by atoms with Crippen LogP contribution >= 0.6 is 0 Å². The number of aryl methyl sites for hydroxylation is 2. The summed E-state index contributed by atoms with van der Waals surface area (Å²) in [7, 11) is -0.664. The van der Waals surface area contributed by atoms with Gasteiger partial charge in [0.05, 0.1) is 11.2 Å². The van der Waals surface area contributed by atoms with Crippen molar-refractivity contribution in [3.63, 3.8) is 0 Å². The van der Waals surface area contributed by atoms with Gasteiger partial charge in [0.1, 0.15) is 0 Å². The van der Waals surface area contributed by atoms with E-state index in [1.165, 1.54) is 0 Å². The standard InChI is InChI=1S/C17H23BF2O2/c1-11-7-8-13(9-12(11)2)14(15(19)20)10-18-21-16(3,4)17(5,6)22-18/h7-9H,10H2,1-6H3. The summed E-state index contributed by atoms with van der Waals surface area (Å²) >= 11 is 0. The van der Waals surface area contributed by atoms with Gasteiger partial charge in [-0.2, -0.15) is 8.78 Å². The van der Waals surface area contributed by atoms with Crippen molar-refractivity contribution in [1.29, 1.82) is 0 Å². The Balaban J connectivity index is 2.25. The lowest BCUT2D eigenvalue weighted by molar-refractivity contribution is 0.00578. The van der Waals surface area contributed by atoms with Crippen molar-refractivity contribution in [2.24, 2.45) is 0 Å². The fourth-order valence-electron chi connectivity index (χ4n) is 2.45. The van der Waals surface area contributed by atoms with E-state index in [-0.39, 0.29) is 11.9 Å². The Labute approximate surface area is 131 Å². The van der Waals surface area contributed by atoms with Crippen LogP contribution in [0.25, 0.3) is 5.57 Å². The summed E-state index contributed by atoms with van der Waals surface area (Å²) in [6.45, 7) is 11.5. The maximum Gasteiger partial charge on any atom is 0.462 e. The molecule has 120 valence electrons. The van der Waals surface area contributed by atoms with Crippen LogP contribution in [0.3, 0.4) is 0 Å². The van der Waals surface area contributed by atoms with Crippen molar-refractivity contribution in [2.45, 2.75) is 59.1 Å². The molecule has 1 fully saturated rings. The van der Waals surface area contributed by atoms with Gasteiger partial charge in [-0.15, -0.1) is 0 Å². The number of hydrogen-bond acceptors (Lipinski definition) is 2. The van der Waals surface area contributed by atoms with Gasteiger partial charge in [0, 0.05) is 11.9 Å². The molecule has 5 heteroatoms. The minimum absolute atomic E-state index is 0.0124. The molecule has 1 aliphatic rings. The van der Waals surface area contributed by atoms with Gasteiger partial charge >= 0.3 is 7.12 Å². The molecule has 1 heterocycles. The highest BCUT2D eigenvalue weighted by Gasteiger charge is 2.51. The van der Waals surface area contributed by atoms with Gasteiger partial charge in [0.2, 0.25) is 0 Å². The maximum atomic E-state index is 13.4. The predicted molar refractivity (Wildman–Crippen MR) is 85.9 cm³/mol. The molecule has 0 unspecified atom stereocenters. The van der Waals surface area contributed by atoms with E-state index in [1.807, 2.05) is 47.6 Å². The first-order valence-electron chi connectivity index (χ1n) is 7.51. The number of hydrogen-bond donors (Lipinski definition) is 0. The largest absolute Gasteiger partial charge is 0.462 e. The molecule has 0 radical (unpaired) electrons. The van der Waals surface area contributed by atoms with E-state index in [9.17, 15) is 8.78 Å². The Kier molecular flexibility index (Phi) is 4.51. The molecule has 2 rings (SSSR count). The number of allylic oxidation sites excluding steroid dienone is 1. The molecule has 1 saturated heterocycles. The van der Waals surface area contributed by atoms with Crippen LogP contribution in [0.2, 0.25) is 6.32 Å². The second-order valence-corrected chi connectivity index (χ2v) is 6.93. The maximum absolute atomic E-state index is 13.4. The van der Waals surface area contributed by atoms with Crippen molar-refractivity contribution < 1.29 is 18.1 Å². The quantitative estimate of drug-likeness (QED) is 0.731. The summed E-state index contributed by atoms with van der Waals surface area (Å²) < 4.78 is 38.5. The molecule has 0 N–H and O–H groups in total. The minimum atomic E-state index is -1.68. The summed E-state index contributed by atoms with van der Waals surface area (Å²) in [5.74, 6) is 0. The molecule has 0 atom stereocenters. The van der Waals surface area contributed by atoms with Crippen LogP contribution in [-0.4, -0.2) is 18.3 Å². The average molecular weight is 308 g/mol. The van der Waals surface area contributed by atoms with Crippen molar-refractivity contribution in [3.8, 4) is 0 Å². The topological polar surface area (TPSA) is 18.5 Å². The fraction of sp³-hybridized carbons (Fsp3) is 0.529. The average Bonchev–Trinajstić information content (AvgIpc) is 2.58. The predicted octanol–water partition coefficient (Wildman–Crippen LogP) is 5.00. The van der Waals surface area contributed by atoms with E-state index in [2.05, 4.69) is 0 Å². The Morgan fingerprint density at radius 2 is 1.55 bits per heavy atom. The first-order chi connectivity index (χ1) is 10.0. The molecule has 2 nitrogen and oxygen atoms in total. The van der Waals surface area contributed by atoms with Crippen LogP contribution in [0, 0.1) is 13.8 Å². The zero-order chi connectivity index (χ0) is 16.7. The van der Waals surface area contributed by atoms with E-state index >= 15 is 0 Å². The molecule has 0 bridgehead atoms. The highest BCUT2D eigenvalue weighted by molar-refractivity contribution is 6.48. The lowest BCUT2D eigenvalue weighted by atomic mass is 9.78. The van der Waals surface area contributed by atoms with E-state index in [0.29, 0.717) is 5.56 Å². The highest BCUT2D eigenvalue weighted by atomic mass is 19.3. The van der Waals surface area contributed by atoms with E-state index in [1.54, 1.807) is 12.1 Å². The second-order valence-electron chi connectivity index (χ2n) is 6.93. The fourth-order valence-corrected chi connectivity index (χ4v) is 2.45. The molecule has 0 amide bonds. The van der Waals surface area contributed by atoms with E-state index < -0.39 is 24.4 Å². The van der Waals surface area contributed by atoms with E-state index in [4.69, 9.17) is 9.31 Å². The first kappa shape index (κ1) is 17.2. The molecular formula is C17H23BF2O2. The van der Waals surface area contributed by atoms with Crippen LogP contribution < -0.4 is 0 Å². The molecule has 0 spiro atoms. The highest BCUT2D eigenvalue weighted by Crippen LogP contribution is 2.40.